The molecule has 0 saturated heterocycles. The third-order valence-electron chi connectivity index (χ3n) is 6.31. The molecule has 166 valence electrons. The highest BCUT2D eigenvalue weighted by atomic mass is 16.5. The van der Waals surface area contributed by atoms with E-state index in [0.29, 0.717) is 19.4 Å². The molecule has 0 saturated carbocycles. The van der Waals surface area contributed by atoms with Crippen molar-refractivity contribution in [1.29, 1.82) is 0 Å². The topological polar surface area (TPSA) is 55.1 Å². The van der Waals surface area contributed by atoms with Gasteiger partial charge in [0.15, 0.2) is 6.04 Å². The summed E-state index contributed by atoms with van der Waals surface area (Å²) in [5.74, 6) is 1.69. The molecular formula is C29H24N3O2+. The third-order valence-corrected chi connectivity index (χ3v) is 6.31. The molecule has 0 fully saturated rings. The van der Waals surface area contributed by atoms with Gasteiger partial charge in [-0.15, -0.1) is 0 Å². The van der Waals surface area contributed by atoms with E-state index in [4.69, 9.17) is 9.72 Å². The van der Waals surface area contributed by atoms with E-state index < -0.39 is 0 Å². The minimum atomic E-state index is -0.359. The molecule has 5 nitrogen and oxygen atoms in total. The van der Waals surface area contributed by atoms with E-state index in [-0.39, 0.29) is 11.9 Å². The van der Waals surface area contributed by atoms with E-state index >= 15 is 0 Å². The van der Waals surface area contributed by atoms with Crippen molar-refractivity contribution >= 4 is 17.8 Å². The lowest BCUT2D eigenvalue weighted by Gasteiger charge is -2.18. The maximum absolute atomic E-state index is 13.5. The van der Waals surface area contributed by atoms with Gasteiger partial charge >= 0.3 is 11.7 Å². The summed E-state index contributed by atoms with van der Waals surface area (Å²) in [5, 5.41) is 3.48. The number of anilines is 1. The van der Waals surface area contributed by atoms with Gasteiger partial charge in [0.1, 0.15) is 29.9 Å². The number of ether oxygens (including phenoxy) is 1. The lowest BCUT2D eigenvalue weighted by molar-refractivity contribution is -0.552. The molecule has 0 bridgehead atoms. The van der Waals surface area contributed by atoms with Crippen LogP contribution in [0.1, 0.15) is 28.0 Å². The molecule has 1 N–H and O–H groups in total. The molecule has 0 amide bonds. The standard InChI is InChI=1S/C29H23N3O2/c33-29-25(17-21-15-23-13-7-8-14-27(23)34-19-21)31-28-24(16-20-9-3-1-4-10-20)30-26(18-32(28)29)22-11-5-2-6-12-22/h1-15,18,25H,16-17,19H2/p+1. The van der Waals surface area contributed by atoms with Crippen LogP contribution >= 0.6 is 0 Å². The van der Waals surface area contributed by atoms with E-state index in [9.17, 15) is 4.79 Å². The second-order valence-corrected chi connectivity index (χ2v) is 8.69. The molecule has 0 aliphatic carbocycles. The number of rotatable bonds is 5. The minimum absolute atomic E-state index is 0.0312. The van der Waals surface area contributed by atoms with E-state index in [1.54, 1.807) is 4.57 Å². The Morgan fingerprint density at radius 1 is 0.941 bits per heavy atom. The van der Waals surface area contributed by atoms with Crippen molar-refractivity contribution in [2.75, 3.05) is 11.9 Å². The van der Waals surface area contributed by atoms with Crippen LogP contribution in [0.25, 0.3) is 17.3 Å². The number of benzene rings is 3. The molecule has 34 heavy (non-hydrogen) atoms. The van der Waals surface area contributed by atoms with Crippen LogP contribution in [-0.2, 0) is 6.42 Å². The SMILES string of the molecule is O=C1C(CC2=Cc3ccccc3OC2)Nc2c(Cc3ccccc3)nc(-c3ccccc3)c[n+]21. The molecule has 1 aromatic heterocycles. The highest BCUT2D eigenvalue weighted by Gasteiger charge is 2.41. The van der Waals surface area contributed by atoms with E-state index in [1.165, 1.54) is 0 Å². The summed E-state index contributed by atoms with van der Waals surface area (Å²) in [5.41, 5.74) is 5.95. The molecule has 3 aromatic carbocycles. The van der Waals surface area contributed by atoms with Crippen molar-refractivity contribution in [3.8, 4) is 17.0 Å². The first-order valence-electron chi connectivity index (χ1n) is 11.5. The monoisotopic (exact) mass is 446 g/mol. The van der Waals surface area contributed by atoms with Crippen LogP contribution in [0.5, 0.6) is 5.75 Å². The van der Waals surface area contributed by atoms with E-state index in [1.807, 2.05) is 79.0 Å². The van der Waals surface area contributed by atoms with Crippen molar-refractivity contribution in [3.05, 3.63) is 114 Å². The van der Waals surface area contributed by atoms with Gasteiger partial charge in [0, 0.05) is 24.0 Å². The normalized spacial score (nSPS) is 16.2. The summed E-state index contributed by atoms with van der Waals surface area (Å²) in [7, 11) is 0. The molecule has 5 heteroatoms. The number of hydrogen-bond donors (Lipinski definition) is 1. The predicted molar refractivity (Wildman–Crippen MR) is 132 cm³/mol. The highest BCUT2D eigenvalue weighted by molar-refractivity contribution is 5.83. The zero-order valence-electron chi connectivity index (χ0n) is 18.6. The molecule has 0 spiro atoms. The Balaban J connectivity index is 1.35. The molecule has 2 aliphatic heterocycles. The number of carbonyl (C=O) groups excluding carboxylic acids is 1. The fourth-order valence-electron chi connectivity index (χ4n) is 4.62. The van der Waals surface area contributed by atoms with Crippen LogP contribution in [0.15, 0.2) is 96.7 Å². The minimum Gasteiger partial charge on any atom is -0.489 e. The summed E-state index contributed by atoms with van der Waals surface area (Å²) < 4.78 is 7.66. The number of fused-ring (bicyclic) bond motifs is 2. The molecule has 2 aliphatic rings. The van der Waals surface area contributed by atoms with Gasteiger partial charge in [0.05, 0.1) is 0 Å². The van der Waals surface area contributed by atoms with E-state index in [0.717, 1.165) is 45.2 Å². The van der Waals surface area contributed by atoms with Crippen molar-refractivity contribution in [2.45, 2.75) is 18.9 Å². The van der Waals surface area contributed by atoms with Crippen LogP contribution in [0.4, 0.5) is 5.82 Å². The molecule has 0 radical (unpaired) electrons. The fraction of sp³-hybridized carbons (Fsp3) is 0.138. The van der Waals surface area contributed by atoms with Crippen LogP contribution < -0.4 is 14.6 Å². The zero-order valence-corrected chi connectivity index (χ0v) is 18.6. The van der Waals surface area contributed by atoms with Gasteiger partial charge in [-0.25, -0.2) is 9.78 Å². The summed E-state index contributed by atoms with van der Waals surface area (Å²) in [4.78, 5) is 18.5. The van der Waals surface area contributed by atoms with Crippen LogP contribution in [0.3, 0.4) is 0 Å². The average Bonchev–Trinajstić information content (AvgIpc) is 3.20. The highest BCUT2D eigenvalue weighted by Crippen LogP contribution is 2.30. The Bertz CT molecular complexity index is 1400. The second-order valence-electron chi connectivity index (χ2n) is 8.69. The van der Waals surface area contributed by atoms with Crippen molar-refractivity contribution in [1.82, 2.24) is 4.98 Å². The number of hydrogen-bond acceptors (Lipinski definition) is 4. The lowest BCUT2D eigenvalue weighted by Crippen LogP contribution is -2.43. The molecule has 1 atom stereocenters. The number of nitrogens with one attached hydrogen (secondary N) is 1. The summed E-state index contributed by atoms with van der Waals surface area (Å²) in [6.45, 7) is 0.494. The summed E-state index contributed by atoms with van der Waals surface area (Å²) >= 11 is 0. The Morgan fingerprint density at radius 2 is 1.68 bits per heavy atom. The van der Waals surface area contributed by atoms with Crippen molar-refractivity contribution in [2.24, 2.45) is 0 Å². The fourth-order valence-corrected chi connectivity index (χ4v) is 4.62. The van der Waals surface area contributed by atoms with Gasteiger partial charge in [-0.05, 0) is 23.3 Å². The Hall–Kier alpha value is -4.25. The predicted octanol–water partition coefficient (Wildman–Crippen LogP) is 4.93. The Labute approximate surface area is 198 Å². The van der Waals surface area contributed by atoms with Gasteiger partial charge in [0.25, 0.3) is 0 Å². The van der Waals surface area contributed by atoms with Gasteiger partial charge in [-0.1, -0.05) is 78.9 Å². The quantitative estimate of drug-likeness (QED) is 0.442. The maximum atomic E-state index is 13.5. The number of para-hydroxylation sites is 1. The first kappa shape index (κ1) is 20.4. The van der Waals surface area contributed by atoms with Gasteiger partial charge in [-0.2, -0.15) is 4.57 Å². The van der Waals surface area contributed by atoms with Gasteiger partial charge in [-0.3, -0.25) is 5.32 Å². The van der Waals surface area contributed by atoms with Gasteiger partial charge < -0.3 is 4.74 Å². The van der Waals surface area contributed by atoms with Gasteiger partial charge in [0.2, 0.25) is 0 Å². The largest absolute Gasteiger partial charge is 0.489 e. The number of carbonyl (C=O) groups is 1. The smallest absolute Gasteiger partial charge is 0.359 e. The summed E-state index contributed by atoms with van der Waals surface area (Å²) in [6.07, 6.45) is 5.22. The van der Waals surface area contributed by atoms with Crippen LogP contribution in [-0.4, -0.2) is 23.5 Å². The van der Waals surface area contributed by atoms with Crippen LogP contribution in [0.2, 0.25) is 0 Å². The average molecular weight is 447 g/mol. The lowest BCUT2D eigenvalue weighted by atomic mass is 10.0. The Kier molecular flexibility index (Phi) is 5.15. The van der Waals surface area contributed by atoms with E-state index in [2.05, 4.69) is 23.5 Å². The molecule has 6 rings (SSSR count). The molecule has 3 heterocycles. The molecular weight excluding hydrogens is 422 g/mol. The first-order chi connectivity index (χ1) is 16.7. The Morgan fingerprint density at radius 3 is 2.50 bits per heavy atom. The zero-order chi connectivity index (χ0) is 22.9. The third kappa shape index (κ3) is 3.86. The second kappa shape index (κ2) is 8.60. The number of aromatic nitrogens is 2. The summed E-state index contributed by atoms with van der Waals surface area (Å²) in [6, 6.07) is 27.9. The van der Waals surface area contributed by atoms with Crippen molar-refractivity contribution in [3.63, 3.8) is 0 Å². The number of nitrogens with zero attached hydrogens (tertiary/aromatic N) is 2. The first-order valence-corrected chi connectivity index (χ1v) is 11.5. The van der Waals surface area contributed by atoms with Crippen LogP contribution in [0, 0.1) is 0 Å². The molecule has 1 unspecified atom stereocenters. The maximum Gasteiger partial charge on any atom is 0.359 e. The molecule has 4 aromatic rings. The van der Waals surface area contributed by atoms with Crippen molar-refractivity contribution < 1.29 is 14.1 Å².